The van der Waals surface area contributed by atoms with Crippen LogP contribution in [0.5, 0.6) is 0 Å². The van der Waals surface area contributed by atoms with Crippen molar-refractivity contribution in [1.82, 2.24) is 16.2 Å². The van der Waals surface area contributed by atoms with Crippen LogP contribution in [0.2, 0.25) is 0 Å². The van der Waals surface area contributed by atoms with E-state index in [1.54, 1.807) is 0 Å². The highest BCUT2D eigenvalue weighted by Crippen LogP contribution is 2.22. The molecule has 7 heteroatoms. The molecule has 0 rings (SSSR count). The molecular weight excluding hydrogens is 247 g/mol. The molecule has 0 saturated carbocycles. The first-order chi connectivity index (χ1) is 8.35. The number of hydrazine groups is 1. The first-order valence-corrected chi connectivity index (χ1v) is 5.09. The molecule has 0 heterocycles. The molecule has 0 aliphatic heterocycles. The summed E-state index contributed by atoms with van der Waals surface area (Å²) in [6, 6.07) is -1.96. The Hall–Kier alpha value is -1.60. The van der Waals surface area contributed by atoms with Gasteiger partial charge in [-0.1, -0.05) is 19.2 Å². The maximum atomic E-state index is 12.5. The Bertz CT molecular complexity index is 337. The summed E-state index contributed by atoms with van der Waals surface area (Å²) in [5, 5.41) is 2.29. The molecule has 0 fully saturated rings. The van der Waals surface area contributed by atoms with E-state index in [2.05, 4.69) is 23.9 Å². The zero-order valence-corrected chi connectivity index (χ0v) is 9.97. The molecule has 0 spiro atoms. The van der Waals surface area contributed by atoms with Crippen molar-refractivity contribution in [2.75, 3.05) is 7.05 Å². The van der Waals surface area contributed by atoms with Crippen LogP contribution < -0.4 is 16.2 Å². The quantitative estimate of drug-likeness (QED) is 0.481. The summed E-state index contributed by atoms with van der Waals surface area (Å²) in [5.74, 6) is -0.770. The lowest BCUT2D eigenvalue weighted by Gasteiger charge is -2.20. The Labute approximate surface area is 104 Å². The number of alkyl halides is 3. The van der Waals surface area contributed by atoms with Gasteiger partial charge in [-0.15, -0.1) is 0 Å². The number of halogens is 3. The Morgan fingerprint density at radius 2 is 2.00 bits per heavy atom. The summed E-state index contributed by atoms with van der Waals surface area (Å²) >= 11 is 0. The smallest absolute Gasteiger partial charge is 0.326 e. The molecule has 0 aliphatic rings. The molecule has 0 aliphatic carbocycles. The lowest BCUT2D eigenvalue weighted by Crippen LogP contribution is -2.50. The highest BCUT2D eigenvalue weighted by molar-refractivity contribution is 5.79. The van der Waals surface area contributed by atoms with Gasteiger partial charge >= 0.3 is 6.18 Å². The average Bonchev–Trinajstić information content (AvgIpc) is 2.26. The van der Waals surface area contributed by atoms with Crippen molar-refractivity contribution >= 4 is 5.91 Å². The summed E-state index contributed by atoms with van der Waals surface area (Å²) in [4.78, 5) is 11.4. The molecule has 0 radical (unpaired) electrons. The van der Waals surface area contributed by atoms with Crippen LogP contribution in [0.25, 0.3) is 0 Å². The van der Waals surface area contributed by atoms with Crippen molar-refractivity contribution in [2.45, 2.75) is 18.6 Å². The number of hydrogen-bond acceptors (Lipinski definition) is 3. The minimum absolute atomic E-state index is 0.292. The van der Waals surface area contributed by atoms with Crippen molar-refractivity contribution in [1.29, 1.82) is 0 Å². The van der Waals surface area contributed by atoms with Crippen LogP contribution in [0, 0.1) is 0 Å². The predicted molar refractivity (Wildman–Crippen MR) is 63.3 cm³/mol. The number of nitrogens with one attached hydrogen (secondary N) is 3. The molecule has 4 nitrogen and oxygen atoms in total. The van der Waals surface area contributed by atoms with Crippen LogP contribution in [0.1, 0.15) is 6.42 Å². The van der Waals surface area contributed by atoms with E-state index < -0.39 is 24.5 Å². The number of carbonyl (C=O) groups is 1. The van der Waals surface area contributed by atoms with E-state index in [0.717, 1.165) is 0 Å². The van der Waals surface area contributed by atoms with Crippen molar-refractivity contribution in [3.05, 3.63) is 37.1 Å². The summed E-state index contributed by atoms with van der Waals surface area (Å²) in [7, 11) is 1.30. The maximum absolute atomic E-state index is 12.5. The van der Waals surface area contributed by atoms with Gasteiger partial charge in [-0.05, 0) is 19.2 Å². The van der Waals surface area contributed by atoms with Gasteiger partial charge in [0.05, 0.1) is 6.42 Å². The fourth-order valence-corrected chi connectivity index (χ4v) is 1.11. The number of amides is 1. The van der Waals surface area contributed by atoms with Crippen LogP contribution in [0.15, 0.2) is 37.1 Å². The summed E-state index contributed by atoms with van der Waals surface area (Å²) in [5.41, 5.74) is 4.44. The Kier molecular flexibility index (Phi) is 6.99. The van der Waals surface area contributed by atoms with E-state index in [1.807, 2.05) is 5.43 Å². The van der Waals surface area contributed by atoms with E-state index >= 15 is 0 Å². The third-order valence-electron chi connectivity index (χ3n) is 1.90. The molecule has 0 aromatic carbocycles. The molecule has 1 amide bonds. The first kappa shape index (κ1) is 16.4. The molecular formula is C11H16F3N3O. The van der Waals surface area contributed by atoms with Gasteiger partial charge in [-0.2, -0.15) is 13.2 Å². The monoisotopic (exact) mass is 263 g/mol. The van der Waals surface area contributed by atoms with Crippen LogP contribution in [0.3, 0.4) is 0 Å². The standard InChI is InChI=1S/C11H16F3N3O/c1-4-6-8(5-2)16-10(18)7-9(17-15-3)11(12,13)14/h4-6,9,15,17H,1-2,7H2,3H3,(H,16,18)/b8-6+. The van der Waals surface area contributed by atoms with Crippen molar-refractivity contribution in [2.24, 2.45) is 0 Å². The fraction of sp³-hybridized carbons (Fsp3) is 0.364. The maximum Gasteiger partial charge on any atom is 0.405 e. The largest absolute Gasteiger partial charge is 0.405 e. The highest BCUT2D eigenvalue weighted by atomic mass is 19.4. The predicted octanol–water partition coefficient (Wildman–Crippen LogP) is 1.40. The molecule has 18 heavy (non-hydrogen) atoms. The summed E-state index contributed by atoms with van der Waals surface area (Å²) < 4.78 is 37.5. The van der Waals surface area contributed by atoms with E-state index in [-0.39, 0.29) is 0 Å². The minimum atomic E-state index is -4.52. The van der Waals surface area contributed by atoms with Crippen LogP contribution >= 0.6 is 0 Å². The Morgan fingerprint density at radius 3 is 2.39 bits per heavy atom. The van der Waals surface area contributed by atoms with Crippen molar-refractivity contribution in [3.63, 3.8) is 0 Å². The second kappa shape index (κ2) is 7.67. The third-order valence-corrected chi connectivity index (χ3v) is 1.90. The molecule has 0 aromatic rings. The number of carbonyl (C=O) groups excluding carboxylic acids is 1. The number of allylic oxidation sites excluding steroid dienone is 3. The van der Waals surface area contributed by atoms with Gasteiger partial charge in [0.15, 0.2) is 0 Å². The van der Waals surface area contributed by atoms with Crippen molar-refractivity contribution in [3.8, 4) is 0 Å². The van der Waals surface area contributed by atoms with Crippen molar-refractivity contribution < 1.29 is 18.0 Å². The molecule has 0 bridgehead atoms. The zero-order valence-electron chi connectivity index (χ0n) is 9.97. The van der Waals surface area contributed by atoms with Gasteiger partial charge in [0, 0.05) is 5.70 Å². The summed E-state index contributed by atoms with van der Waals surface area (Å²) in [6.45, 7) is 6.82. The minimum Gasteiger partial charge on any atom is -0.326 e. The second-order valence-corrected chi connectivity index (χ2v) is 3.30. The third kappa shape index (κ3) is 6.21. The van der Waals surface area contributed by atoms with E-state index in [0.29, 0.717) is 5.70 Å². The van der Waals surface area contributed by atoms with Crippen LogP contribution in [-0.2, 0) is 4.79 Å². The molecule has 3 N–H and O–H groups in total. The van der Waals surface area contributed by atoms with E-state index in [9.17, 15) is 18.0 Å². The normalized spacial score (nSPS) is 13.9. The Morgan fingerprint density at radius 1 is 1.39 bits per heavy atom. The van der Waals surface area contributed by atoms with Crippen LogP contribution in [-0.4, -0.2) is 25.2 Å². The second-order valence-electron chi connectivity index (χ2n) is 3.30. The van der Waals surface area contributed by atoms with Crippen LogP contribution in [0.4, 0.5) is 13.2 Å². The molecule has 102 valence electrons. The lowest BCUT2D eigenvalue weighted by molar-refractivity contribution is -0.163. The molecule has 0 saturated heterocycles. The summed E-state index contributed by atoms with van der Waals surface area (Å²) in [6.07, 6.45) is -1.12. The fourth-order valence-electron chi connectivity index (χ4n) is 1.11. The first-order valence-electron chi connectivity index (χ1n) is 5.09. The topological polar surface area (TPSA) is 53.2 Å². The number of hydrogen-bond donors (Lipinski definition) is 3. The van der Waals surface area contributed by atoms with Gasteiger partial charge < -0.3 is 5.32 Å². The zero-order chi connectivity index (χ0) is 14.2. The van der Waals surface area contributed by atoms with Gasteiger partial charge in [-0.25, -0.2) is 5.43 Å². The Balaban J connectivity index is 4.56. The average molecular weight is 263 g/mol. The highest BCUT2D eigenvalue weighted by Gasteiger charge is 2.40. The van der Waals surface area contributed by atoms with Gasteiger partial charge in [0.25, 0.3) is 0 Å². The molecule has 1 unspecified atom stereocenters. The number of rotatable bonds is 7. The molecule has 0 aromatic heterocycles. The SMILES string of the molecule is C=C/C=C(\C=C)NC(=O)CC(NNC)C(F)(F)F. The molecule has 1 atom stereocenters. The van der Waals surface area contributed by atoms with Gasteiger partial charge in [0.2, 0.25) is 5.91 Å². The van der Waals surface area contributed by atoms with Gasteiger partial charge in [-0.3, -0.25) is 10.2 Å². The van der Waals surface area contributed by atoms with Gasteiger partial charge in [0.1, 0.15) is 6.04 Å². The van der Waals surface area contributed by atoms with E-state index in [1.165, 1.54) is 25.3 Å². The van der Waals surface area contributed by atoms with E-state index in [4.69, 9.17) is 0 Å². The lowest BCUT2D eigenvalue weighted by atomic mass is 10.2.